The van der Waals surface area contributed by atoms with Crippen LogP contribution in [0.4, 0.5) is 17.1 Å². The molecule has 0 aliphatic carbocycles. The number of sulfonamides is 2. The summed E-state index contributed by atoms with van der Waals surface area (Å²) in [4.78, 5) is 12.8. The molecule has 0 saturated carbocycles. The number of benzene rings is 4. The van der Waals surface area contributed by atoms with Gasteiger partial charge in [0.05, 0.1) is 15.5 Å². The van der Waals surface area contributed by atoms with Crippen molar-refractivity contribution in [1.82, 2.24) is 0 Å². The SMILES string of the molecule is Cc1cccc(NS(=O)(=O)c2cc(C(=O)Nc3ccc(S(=O)(=O)Nc4cc(Cl)cc(Cl)c4)cc3)ccc2C)c1. The fraction of sp³-hybridized carbons (Fsp3) is 0.0741. The molecule has 0 fully saturated rings. The molecule has 0 heterocycles. The summed E-state index contributed by atoms with van der Waals surface area (Å²) in [7, 11) is -7.92. The van der Waals surface area contributed by atoms with E-state index in [0.29, 0.717) is 16.9 Å². The average molecular weight is 605 g/mol. The van der Waals surface area contributed by atoms with Gasteiger partial charge in [0, 0.05) is 27.0 Å². The van der Waals surface area contributed by atoms with Crippen molar-refractivity contribution in [2.45, 2.75) is 23.6 Å². The molecule has 3 N–H and O–H groups in total. The minimum Gasteiger partial charge on any atom is -0.322 e. The van der Waals surface area contributed by atoms with E-state index in [0.717, 1.165) is 5.56 Å². The van der Waals surface area contributed by atoms with Gasteiger partial charge in [-0.15, -0.1) is 0 Å². The molecule has 4 aromatic rings. The van der Waals surface area contributed by atoms with Gasteiger partial charge < -0.3 is 5.32 Å². The van der Waals surface area contributed by atoms with Crippen LogP contribution in [0.3, 0.4) is 0 Å². The molecule has 0 aliphatic heterocycles. The van der Waals surface area contributed by atoms with Crippen LogP contribution in [0.2, 0.25) is 10.0 Å². The fourth-order valence-corrected chi connectivity index (χ4v) is 6.58. The Morgan fingerprint density at radius 3 is 1.95 bits per heavy atom. The van der Waals surface area contributed by atoms with Crippen LogP contribution >= 0.6 is 23.2 Å². The number of nitrogens with one attached hydrogen (secondary N) is 3. The minimum absolute atomic E-state index is 0.0368. The highest BCUT2D eigenvalue weighted by molar-refractivity contribution is 7.93. The van der Waals surface area contributed by atoms with Crippen molar-refractivity contribution < 1.29 is 21.6 Å². The summed E-state index contributed by atoms with van der Waals surface area (Å²) < 4.78 is 56.5. The lowest BCUT2D eigenvalue weighted by Crippen LogP contribution is -2.17. The van der Waals surface area contributed by atoms with Crippen LogP contribution in [-0.4, -0.2) is 22.7 Å². The third kappa shape index (κ3) is 7.10. The van der Waals surface area contributed by atoms with Crippen molar-refractivity contribution in [3.63, 3.8) is 0 Å². The highest BCUT2D eigenvalue weighted by atomic mass is 35.5. The second-order valence-corrected chi connectivity index (χ2v) is 12.9. The van der Waals surface area contributed by atoms with E-state index in [1.807, 2.05) is 13.0 Å². The summed E-state index contributed by atoms with van der Waals surface area (Å²) in [5.74, 6) is -0.565. The molecule has 0 unspecified atom stereocenters. The third-order valence-electron chi connectivity index (χ3n) is 5.55. The average Bonchev–Trinajstić information content (AvgIpc) is 2.83. The van der Waals surface area contributed by atoms with Crippen LogP contribution in [0, 0.1) is 13.8 Å². The van der Waals surface area contributed by atoms with Crippen LogP contribution in [0.15, 0.2) is 94.7 Å². The molecule has 0 spiro atoms. The number of carbonyl (C=O) groups is 1. The molecule has 0 aromatic heterocycles. The zero-order valence-corrected chi connectivity index (χ0v) is 23.8. The van der Waals surface area contributed by atoms with Gasteiger partial charge in [-0.25, -0.2) is 16.8 Å². The van der Waals surface area contributed by atoms with E-state index in [2.05, 4.69) is 14.8 Å². The van der Waals surface area contributed by atoms with E-state index in [1.165, 1.54) is 54.6 Å². The lowest BCUT2D eigenvalue weighted by molar-refractivity contribution is 0.102. The number of anilines is 3. The van der Waals surface area contributed by atoms with Gasteiger partial charge in [0.25, 0.3) is 26.0 Å². The van der Waals surface area contributed by atoms with Crippen LogP contribution in [0.25, 0.3) is 0 Å². The van der Waals surface area contributed by atoms with Gasteiger partial charge in [-0.2, -0.15) is 0 Å². The first kappa shape index (κ1) is 28.4. The summed E-state index contributed by atoms with van der Waals surface area (Å²) in [6.45, 7) is 3.48. The van der Waals surface area contributed by atoms with Crippen molar-refractivity contribution in [2.75, 3.05) is 14.8 Å². The van der Waals surface area contributed by atoms with Crippen LogP contribution < -0.4 is 14.8 Å². The van der Waals surface area contributed by atoms with E-state index in [-0.39, 0.29) is 31.1 Å². The molecule has 0 aliphatic rings. The first-order valence-corrected chi connectivity index (χ1v) is 15.2. The summed E-state index contributed by atoms with van der Waals surface area (Å²) in [5.41, 5.74) is 2.39. The smallest absolute Gasteiger partial charge is 0.262 e. The Hall–Kier alpha value is -3.57. The highest BCUT2D eigenvalue weighted by Gasteiger charge is 2.20. The number of carbonyl (C=O) groups excluding carboxylic acids is 1. The maximum absolute atomic E-state index is 13.0. The van der Waals surface area contributed by atoms with E-state index < -0.39 is 26.0 Å². The molecule has 0 bridgehead atoms. The maximum atomic E-state index is 13.0. The summed E-state index contributed by atoms with van der Waals surface area (Å²) >= 11 is 11.9. The monoisotopic (exact) mass is 603 g/mol. The molecule has 0 saturated heterocycles. The quantitative estimate of drug-likeness (QED) is 0.213. The van der Waals surface area contributed by atoms with Gasteiger partial charge in [-0.3, -0.25) is 14.2 Å². The highest BCUT2D eigenvalue weighted by Crippen LogP contribution is 2.26. The Bertz CT molecular complexity index is 1760. The first-order valence-electron chi connectivity index (χ1n) is 11.4. The van der Waals surface area contributed by atoms with Gasteiger partial charge in [0.15, 0.2) is 0 Å². The maximum Gasteiger partial charge on any atom is 0.262 e. The second-order valence-electron chi connectivity index (χ2n) is 8.70. The zero-order valence-electron chi connectivity index (χ0n) is 20.7. The van der Waals surface area contributed by atoms with Crippen LogP contribution in [0.1, 0.15) is 21.5 Å². The normalized spacial score (nSPS) is 11.6. The Morgan fingerprint density at radius 1 is 0.667 bits per heavy atom. The van der Waals surface area contributed by atoms with E-state index >= 15 is 0 Å². The number of halogens is 2. The van der Waals surface area contributed by atoms with Crippen LogP contribution in [0.5, 0.6) is 0 Å². The van der Waals surface area contributed by atoms with Gasteiger partial charge >= 0.3 is 0 Å². The van der Waals surface area contributed by atoms with Crippen molar-refractivity contribution in [3.8, 4) is 0 Å². The molecule has 0 atom stereocenters. The molecular weight excluding hydrogens is 581 g/mol. The van der Waals surface area contributed by atoms with Gasteiger partial charge in [-0.1, -0.05) is 41.4 Å². The molecular formula is C27H23Cl2N3O5S2. The molecule has 202 valence electrons. The standard InChI is InChI=1S/C27H23Cl2N3O5S2/c1-17-4-3-5-23(12-17)31-39(36,37)26-13-19(7-6-18(26)2)27(33)30-22-8-10-25(11-9-22)38(34,35)32-24-15-20(28)14-21(29)16-24/h3-16,31-32H,1-2H3,(H,30,33). The molecule has 4 aromatic carbocycles. The predicted octanol–water partition coefficient (Wildman–Crippen LogP) is 6.46. The van der Waals surface area contributed by atoms with Crippen molar-refractivity contribution in [2.24, 2.45) is 0 Å². The molecule has 1 amide bonds. The van der Waals surface area contributed by atoms with E-state index in [9.17, 15) is 21.6 Å². The van der Waals surface area contributed by atoms with Crippen molar-refractivity contribution >= 4 is 66.2 Å². The summed E-state index contributed by atoms with van der Waals surface area (Å²) in [6, 6.07) is 21.1. The Morgan fingerprint density at radius 2 is 1.31 bits per heavy atom. The molecule has 12 heteroatoms. The third-order valence-corrected chi connectivity index (χ3v) is 8.90. The van der Waals surface area contributed by atoms with E-state index in [4.69, 9.17) is 23.2 Å². The molecule has 0 radical (unpaired) electrons. The van der Waals surface area contributed by atoms with E-state index in [1.54, 1.807) is 31.2 Å². The topological polar surface area (TPSA) is 121 Å². The Balaban J connectivity index is 1.50. The molecule has 39 heavy (non-hydrogen) atoms. The van der Waals surface area contributed by atoms with Crippen molar-refractivity contribution in [3.05, 3.63) is 112 Å². The number of hydrogen-bond donors (Lipinski definition) is 3. The molecule has 4 rings (SSSR count). The minimum atomic E-state index is -3.96. The van der Waals surface area contributed by atoms with Crippen LogP contribution in [-0.2, 0) is 20.0 Å². The van der Waals surface area contributed by atoms with Crippen molar-refractivity contribution in [1.29, 1.82) is 0 Å². The number of hydrogen-bond acceptors (Lipinski definition) is 5. The molecule has 8 nitrogen and oxygen atoms in total. The second kappa shape index (κ2) is 11.3. The van der Waals surface area contributed by atoms with Gasteiger partial charge in [-0.05, 0) is 91.7 Å². The fourth-order valence-electron chi connectivity index (χ4n) is 3.70. The predicted molar refractivity (Wildman–Crippen MR) is 155 cm³/mol. The number of aryl methyl sites for hydroxylation is 2. The zero-order chi connectivity index (χ0) is 28.4. The summed E-state index contributed by atoms with van der Waals surface area (Å²) in [5, 5.41) is 3.20. The largest absolute Gasteiger partial charge is 0.322 e. The number of rotatable bonds is 8. The number of amides is 1. The lowest BCUT2D eigenvalue weighted by Gasteiger charge is -2.13. The lowest BCUT2D eigenvalue weighted by atomic mass is 10.1. The summed E-state index contributed by atoms with van der Waals surface area (Å²) in [6.07, 6.45) is 0. The van der Waals surface area contributed by atoms with Gasteiger partial charge in [0.1, 0.15) is 0 Å². The first-order chi connectivity index (χ1) is 18.3. The Kier molecular flexibility index (Phi) is 8.22. The Labute approximate surface area is 237 Å². The van der Waals surface area contributed by atoms with Gasteiger partial charge in [0.2, 0.25) is 0 Å².